The van der Waals surface area contributed by atoms with E-state index >= 15 is 0 Å². The maximum atomic E-state index is 13.9. The molecule has 38 heavy (non-hydrogen) atoms. The summed E-state index contributed by atoms with van der Waals surface area (Å²) in [5.74, 6) is 1.51. The quantitative estimate of drug-likeness (QED) is 0.335. The zero-order chi connectivity index (χ0) is 25.5. The normalized spacial score (nSPS) is 15.1. The maximum Gasteiger partial charge on any atom is 0.254 e. The molecule has 1 unspecified atom stereocenters. The summed E-state index contributed by atoms with van der Waals surface area (Å²) in [6.07, 6.45) is 5.44. The first-order valence-electron chi connectivity index (χ1n) is 12.5. The van der Waals surface area contributed by atoms with Gasteiger partial charge in [-0.2, -0.15) is 0 Å². The highest BCUT2D eigenvalue weighted by Gasteiger charge is 2.39. The number of hydrogen-bond donors (Lipinski definition) is 0. The molecular formula is C31H28BrClN2O3. The van der Waals surface area contributed by atoms with Crippen LogP contribution in [0.5, 0.6) is 11.5 Å². The molecule has 0 saturated carbocycles. The number of fused-ring (bicyclic) bond motifs is 2. The minimum Gasteiger partial charge on any atom is -1.00 e. The van der Waals surface area contributed by atoms with Crippen LogP contribution in [0.4, 0.5) is 0 Å². The number of aromatic nitrogens is 1. The molecule has 1 aliphatic carbocycles. The molecule has 1 atom stereocenters. The Kier molecular flexibility index (Phi) is 7.46. The number of carbonyl (C=O) groups is 1. The standard InChI is InChI=1S/C31H28ClN2O3.BrH/c1-36-27-18-22-13-16-34(26-17-21-7-3-5-9-24(21)29(28(22)26)30(27)37-2)31(35)20-11-14-33(15-12-20)19-23-8-4-6-10-25(23)32;/h3-12,14-15,18,26H,13,16-17,19H2,1-2H3;1H/q+1;/p-1. The van der Waals surface area contributed by atoms with Crippen molar-refractivity contribution in [1.82, 2.24) is 4.90 Å². The minimum absolute atomic E-state index is 0. The molecule has 0 saturated heterocycles. The summed E-state index contributed by atoms with van der Waals surface area (Å²) in [6.45, 7) is 1.30. The molecule has 0 radical (unpaired) electrons. The van der Waals surface area contributed by atoms with Crippen molar-refractivity contribution in [1.29, 1.82) is 0 Å². The van der Waals surface area contributed by atoms with Gasteiger partial charge in [-0.1, -0.05) is 54.1 Å². The highest BCUT2D eigenvalue weighted by molar-refractivity contribution is 6.31. The lowest BCUT2D eigenvalue weighted by Crippen LogP contribution is -3.00. The summed E-state index contributed by atoms with van der Waals surface area (Å²) >= 11 is 6.33. The van der Waals surface area contributed by atoms with Crippen LogP contribution in [-0.2, 0) is 19.4 Å². The third-order valence-corrected chi connectivity index (χ3v) is 7.91. The van der Waals surface area contributed by atoms with E-state index in [0.29, 0.717) is 18.7 Å². The lowest BCUT2D eigenvalue weighted by molar-refractivity contribution is -0.688. The van der Waals surface area contributed by atoms with E-state index in [0.717, 1.165) is 46.1 Å². The van der Waals surface area contributed by atoms with Crippen molar-refractivity contribution in [3.63, 3.8) is 0 Å². The molecule has 0 fully saturated rings. The van der Waals surface area contributed by atoms with Crippen molar-refractivity contribution < 1.29 is 35.8 Å². The Morgan fingerprint density at radius 1 is 1.00 bits per heavy atom. The number of ether oxygens (including phenoxy) is 2. The second-order valence-corrected chi connectivity index (χ2v) is 9.94. The Balaban J connectivity index is 0.00000294. The van der Waals surface area contributed by atoms with E-state index in [1.807, 2.05) is 58.3 Å². The molecule has 1 aliphatic heterocycles. The Morgan fingerprint density at radius 2 is 1.74 bits per heavy atom. The first-order valence-corrected chi connectivity index (χ1v) is 12.9. The van der Waals surface area contributed by atoms with E-state index in [9.17, 15) is 4.79 Å². The third-order valence-electron chi connectivity index (χ3n) is 7.54. The van der Waals surface area contributed by atoms with Gasteiger partial charge >= 0.3 is 0 Å². The molecule has 4 aromatic rings. The number of amides is 1. The van der Waals surface area contributed by atoms with Crippen molar-refractivity contribution in [2.75, 3.05) is 20.8 Å². The molecule has 6 rings (SSSR count). The van der Waals surface area contributed by atoms with Gasteiger partial charge in [-0.15, -0.1) is 0 Å². The lowest BCUT2D eigenvalue weighted by Gasteiger charge is -2.42. The van der Waals surface area contributed by atoms with Crippen LogP contribution in [0.2, 0.25) is 5.02 Å². The minimum atomic E-state index is -0.0589. The van der Waals surface area contributed by atoms with E-state index in [-0.39, 0.29) is 28.9 Å². The number of hydrogen-bond acceptors (Lipinski definition) is 3. The van der Waals surface area contributed by atoms with Crippen LogP contribution in [0, 0.1) is 0 Å². The van der Waals surface area contributed by atoms with E-state index in [1.54, 1.807) is 14.2 Å². The van der Waals surface area contributed by atoms with Crippen LogP contribution < -0.4 is 31.0 Å². The largest absolute Gasteiger partial charge is 1.00 e. The summed E-state index contributed by atoms with van der Waals surface area (Å²) < 4.78 is 13.6. The third kappa shape index (κ3) is 4.46. The summed E-state index contributed by atoms with van der Waals surface area (Å²) in [5, 5.41) is 0.738. The van der Waals surface area contributed by atoms with Crippen LogP contribution in [0.3, 0.4) is 0 Å². The van der Waals surface area contributed by atoms with E-state index < -0.39 is 0 Å². The average molecular weight is 592 g/mol. The fourth-order valence-electron chi connectivity index (χ4n) is 5.77. The Hall–Kier alpha value is -3.35. The van der Waals surface area contributed by atoms with Gasteiger partial charge in [0.2, 0.25) is 0 Å². The van der Waals surface area contributed by atoms with Crippen LogP contribution in [0.15, 0.2) is 79.1 Å². The van der Waals surface area contributed by atoms with E-state index in [1.165, 1.54) is 16.7 Å². The second-order valence-electron chi connectivity index (χ2n) is 9.54. The fourth-order valence-corrected chi connectivity index (χ4v) is 5.97. The molecule has 1 amide bonds. The van der Waals surface area contributed by atoms with Gasteiger partial charge in [0.1, 0.15) is 0 Å². The summed E-state index contributed by atoms with van der Waals surface area (Å²) in [5.41, 5.74) is 7.54. The smallest absolute Gasteiger partial charge is 0.254 e. The predicted octanol–water partition coefficient (Wildman–Crippen LogP) is 2.66. The molecule has 0 N–H and O–H groups in total. The van der Waals surface area contributed by atoms with Gasteiger partial charge in [0.25, 0.3) is 5.91 Å². The molecule has 1 aromatic heterocycles. The number of benzene rings is 3. The molecule has 3 aromatic carbocycles. The highest BCUT2D eigenvalue weighted by Crippen LogP contribution is 2.52. The Labute approximate surface area is 238 Å². The zero-order valence-corrected chi connectivity index (χ0v) is 23.6. The van der Waals surface area contributed by atoms with E-state index in [2.05, 4.69) is 30.3 Å². The first-order chi connectivity index (χ1) is 18.1. The first kappa shape index (κ1) is 26.3. The average Bonchev–Trinajstić information content (AvgIpc) is 2.94. The summed E-state index contributed by atoms with van der Waals surface area (Å²) in [6, 6.07) is 22.0. The number of halogens is 2. The Bertz CT molecular complexity index is 1510. The number of methoxy groups -OCH3 is 2. The van der Waals surface area contributed by atoms with Crippen LogP contribution in [0.1, 0.15) is 38.7 Å². The second kappa shape index (κ2) is 10.8. The van der Waals surface area contributed by atoms with Gasteiger partial charge in [0, 0.05) is 29.8 Å². The number of carbonyl (C=O) groups excluding carboxylic acids is 1. The van der Waals surface area contributed by atoms with Gasteiger partial charge in [-0.25, -0.2) is 4.57 Å². The number of rotatable bonds is 5. The summed E-state index contributed by atoms with van der Waals surface area (Å²) in [4.78, 5) is 15.9. The highest BCUT2D eigenvalue weighted by atomic mass is 79.9. The predicted molar refractivity (Wildman–Crippen MR) is 143 cm³/mol. The van der Waals surface area contributed by atoms with Crippen molar-refractivity contribution in [2.24, 2.45) is 0 Å². The van der Waals surface area contributed by atoms with Crippen molar-refractivity contribution in [3.05, 3.63) is 112 Å². The van der Waals surface area contributed by atoms with Crippen molar-refractivity contribution >= 4 is 17.5 Å². The summed E-state index contributed by atoms with van der Waals surface area (Å²) in [7, 11) is 3.36. The number of nitrogens with zero attached hydrogens (tertiary/aromatic N) is 2. The SMILES string of the molecule is COc1cc2c3c(c1OC)-c1ccccc1CC3N(C(=O)c1cc[n+](Cc3ccccc3Cl)cc1)CC2.[Br-]. The zero-order valence-electron chi connectivity index (χ0n) is 21.3. The molecule has 0 bridgehead atoms. The monoisotopic (exact) mass is 590 g/mol. The Morgan fingerprint density at radius 3 is 2.47 bits per heavy atom. The molecular weight excluding hydrogens is 564 g/mol. The number of pyridine rings is 1. The van der Waals surface area contributed by atoms with Gasteiger partial charge in [0.15, 0.2) is 30.4 Å². The molecule has 5 nitrogen and oxygen atoms in total. The van der Waals surface area contributed by atoms with Gasteiger partial charge in [0.05, 0.1) is 30.8 Å². The van der Waals surface area contributed by atoms with Crippen molar-refractivity contribution in [2.45, 2.75) is 25.4 Å². The van der Waals surface area contributed by atoms with Crippen LogP contribution in [-0.4, -0.2) is 31.6 Å². The lowest BCUT2D eigenvalue weighted by atomic mass is 9.76. The van der Waals surface area contributed by atoms with Gasteiger partial charge in [-0.05, 0) is 47.2 Å². The topological polar surface area (TPSA) is 42.7 Å². The van der Waals surface area contributed by atoms with Crippen molar-refractivity contribution in [3.8, 4) is 22.6 Å². The molecule has 7 heteroatoms. The van der Waals surface area contributed by atoms with Crippen LogP contribution in [0.25, 0.3) is 11.1 Å². The fraction of sp³-hybridized carbons (Fsp3) is 0.226. The van der Waals surface area contributed by atoms with Crippen LogP contribution >= 0.6 is 11.6 Å². The van der Waals surface area contributed by atoms with Gasteiger partial charge in [-0.3, -0.25) is 4.79 Å². The molecule has 2 heterocycles. The maximum absolute atomic E-state index is 13.9. The molecule has 194 valence electrons. The van der Waals surface area contributed by atoms with Gasteiger partial charge < -0.3 is 31.4 Å². The molecule has 2 aliphatic rings. The van der Waals surface area contributed by atoms with E-state index in [4.69, 9.17) is 21.1 Å². The molecule has 0 spiro atoms.